The summed E-state index contributed by atoms with van der Waals surface area (Å²) in [4.78, 5) is 14.4. The Labute approximate surface area is 174 Å². The van der Waals surface area contributed by atoms with Crippen LogP contribution in [0.4, 0.5) is 4.79 Å². The highest BCUT2D eigenvalue weighted by Crippen LogP contribution is 2.36. The third-order valence-electron chi connectivity index (χ3n) is 4.75. The minimum atomic E-state index is -0.535. The number of carbonyl (C=O) groups excluding carboxylic acids is 1. The van der Waals surface area contributed by atoms with Gasteiger partial charge in [-0.25, -0.2) is 9.47 Å². The number of hydrogen-bond donors (Lipinski definition) is 1. The van der Waals surface area contributed by atoms with Crippen LogP contribution in [0.5, 0.6) is 5.75 Å². The van der Waals surface area contributed by atoms with Gasteiger partial charge < -0.3 is 9.47 Å². The van der Waals surface area contributed by atoms with Gasteiger partial charge in [0.05, 0.1) is 18.8 Å². The highest BCUT2D eigenvalue weighted by Gasteiger charge is 2.37. The zero-order valence-electron chi connectivity index (χ0n) is 17.0. The molecule has 0 bridgehead atoms. The van der Waals surface area contributed by atoms with Gasteiger partial charge in [0.25, 0.3) is 0 Å². The molecule has 29 heavy (non-hydrogen) atoms. The number of benzene rings is 1. The molecule has 1 saturated heterocycles. The second-order valence-electron chi connectivity index (χ2n) is 8.00. The number of methoxy groups -OCH3 is 1. The molecule has 0 aliphatic carbocycles. The lowest BCUT2D eigenvalue weighted by Gasteiger charge is -2.29. The topological polar surface area (TPSA) is 81.5 Å². The van der Waals surface area contributed by atoms with Crippen LogP contribution >= 0.6 is 11.8 Å². The van der Waals surface area contributed by atoms with Gasteiger partial charge in [0.1, 0.15) is 11.4 Å². The van der Waals surface area contributed by atoms with Gasteiger partial charge in [-0.3, -0.25) is 10.3 Å². The van der Waals surface area contributed by atoms with Crippen LogP contribution in [0.15, 0.2) is 34.8 Å². The highest BCUT2D eigenvalue weighted by atomic mass is 32.2. The van der Waals surface area contributed by atoms with Crippen molar-refractivity contribution in [3.05, 3.63) is 41.1 Å². The molecule has 1 aromatic carbocycles. The lowest BCUT2D eigenvalue weighted by molar-refractivity contribution is 0.0216. The van der Waals surface area contributed by atoms with Gasteiger partial charge in [0.2, 0.25) is 5.16 Å². The summed E-state index contributed by atoms with van der Waals surface area (Å²) >= 11 is 1.50. The molecule has 0 radical (unpaired) electrons. The fourth-order valence-corrected chi connectivity index (χ4v) is 4.16. The van der Waals surface area contributed by atoms with Gasteiger partial charge in [-0.2, -0.15) is 0 Å². The van der Waals surface area contributed by atoms with Gasteiger partial charge in [0, 0.05) is 17.5 Å². The first-order valence-electron chi connectivity index (χ1n) is 9.59. The molecule has 0 saturated carbocycles. The van der Waals surface area contributed by atoms with Gasteiger partial charge in [-0.15, -0.1) is 10.2 Å². The van der Waals surface area contributed by atoms with Crippen LogP contribution in [0.25, 0.3) is 5.70 Å². The zero-order valence-corrected chi connectivity index (χ0v) is 17.8. The third-order valence-corrected chi connectivity index (χ3v) is 5.58. The van der Waals surface area contributed by atoms with Crippen LogP contribution in [0.1, 0.15) is 51.0 Å². The lowest BCUT2D eigenvalue weighted by Crippen LogP contribution is -2.37. The predicted molar refractivity (Wildman–Crippen MR) is 111 cm³/mol. The molecule has 9 heteroatoms. The Hall–Kier alpha value is -2.68. The molecule has 154 valence electrons. The highest BCUT2D eigenvalue weighted by molar-refractivity contribution is 8.02. The van der Waals surface area contributed by atoms with Crippen LogP contribution in [0.2, 0.25) is 0 Å². The maximum absolute atomic E-state index is 12.7. The number of fused-ring (bicyclic) bond motifs is 1. The maximum Gasteiger partial charge on any atom is 0.410 e. The Morgan fingerprint density at radius 1 is 1.24 bits per heavy atom. The minimum Gasteiger partial charge on any atom is -0.497 e. The summed E-state index contributed by atoms with van der Waals surface area (Å²) in [5.41, 5.74) is 4.83. The molecule has 1 aromatic heterocycles. The number of nitrogens with zero attached hydrogens (tertiary/aromatic N) is 4. The summed E-state index contributed by atoms with van der Waals surface area (Å²) in [6.07, 6.45) is 1.41. The van der Waals surface area contributed by atoms with E-state index in [0.717, 1.165) is 40.8 Å². The van der Waals surface area contributed by atoms with Crippen molar-refractivity contribution in [2.24, 2.45) is 0 Å². The van der Waals surface area contributed by atoms with E-state index in [4.69, 9.17) is 9.47 Å². The quantitative estimate of drug-likeness (QED) is 0.811. The average molecular weight is 416 g/mol. The van der Waals surface area contributed by atoms with Crippen molar-refractivity contribution in [2.45, 2.75) is 50.4 Å². The molecule has 3 heterocycles. The van der Waals surface area contributed by atoms with Crippen molar-refractivity contribution in [3.63, 3.8) is 0 Å². The number of carbonyl (C=O) groups is 1. The molecule has 0 spiro atoms. The molecule has 2 aromatic rings. The van der Waals surface area contributed by atoms with Crippen molar-refractivity contribution in [2.75, 3.05) is 19.1 Å². The van der Waals surface area contributed by atoms with Crippen LogP contribution < -0.4 is 10.2 Å². The Morgan fingerprint density at radius 3 is 2.69 bits per heavy atom. The number of rotatable bonds is 3. The monoisotopic (exact) mass is 415 g/mol. The molecule has 0 unspecified atom stereocenters. The standard InChI is InChI=1S/C20H25N5O3S/c1-20(2,3)28-19(26)24-11-5-6-16(24)17-21-22-18-25(17)23-15(12-29-18)13-7-9-14(27-4)10-8-13/h7-10,12,16,23H,5-6,11H2,1-4H3/t16-/m1/s1. The van der Waals surface area contributed by atoms with Crippen LogP contribution in [-0.4, -0.2) is 45.1 Å². The second-order valence-corrected chi connectivity index (χ2v) is 8.83. The number of nitrogens with one attached hydrogen (secondary N) is 1. The van der Waals surface area contributed by atoms with E-state index in [1.807, 2.05) is 55.1 Å². The van der Waals surface area contributed by atoms with Crippen LogP contribution in [0, 0.1) is 0 Å². The first kappa shape index (κ1) is 19.6. The zero-order chi connectivity index (χ0) is 20.6. The van der Waals surface area contributed by atoms with Crippen molar-refractivity contribution in [3.8, 4) is 5.75 Å². The van der Waals surface area contributed by atoms with Gasteiger partial charge in [-0.05, 0) is 57.9 Å². The molecule has 1 N–H and O–H groups in total. The largest absolute Gasteiger partial charge is 0.497 e. The van der Waals surface area contributed by atoms with Crippen LogP contribution in [-0.2, 0) is 4.74 Å². The summed E-state index contributed by atoms with van der Waals surface area (Å²) in [6.45, 7) is 6.27. The molecule has 4 rings (SSSR count). The van der Waals surface area contributed by atoms with Crippen molar-refractivity contribution >= 4 is 23.6 Å². The Kier molecular flexibility index (Phi) is 5.16. The fourth-order valence-electron chi connectivity index (χ4n) is 3.41. The van der Waals surface area contributed by atoms with Crippen molar-refractivity contribution < 1.29 is 14.3 Å². The summed E-state index contributed by atoms with van der Waals surface area (Å²) in [7, 11) is 1.65. The van der Waals surface area contributed by atoms with E-state index in [2.05, 4.69) is 15.6 Å². The van der Waals surface area contributed by atoms with Gasteiger partial charge in [0.15, 0.2) is 5.82 Å². The number of thioether (sulfide) groups is 1. The second kappa shape index (κ2) is 7.62. The van der Waals surface area contributed by atoms with E-state index < -0.39 is 5.60 Å². The van der Waals surface area contributed by atoms with E-state index in [-0.39, 0.29) is 12.1 Å². The number of amides is 1. The minimum absolute atomic E-state index is 0.172. The first-order chi connectivity index (χ1) is 13.9. The molecular formula is C20H25N5O3S. The number of ether oxygens (including phenoxy) is 2. The Balaban J connectivity index is 1.56. The van der Waals surface area contributed by atoms with Crippen molar-refractivity contribution in [1.29, 1.82) is 0 Å². The molecular weight excluding hydrogens is 390 g/mol. The van der Waals surface area contributed by atoms with E-state index in [0.29, 0.717) is 6.54 Å². The molecule has 2 aliphatic heterocycles. The fraction of sp³-hybridized carbons (Fsp3) is 0.450. The third kappa shape index (κ3) is 4.05. The van der Waals surface area contributed by atoms with E-state index in [1.165, 1.54) is 11.8 Å². The summed E-state index contributed by atoms with van der Waals surface area (Å²) in [6, 6.07) is 7.67. The number of aromatic nitrogens is 3. The summed E-state index contributed by atoms with van der Waals surface area (Å²) in [5.74, 6) is 1.53. The summed E-state index contributed by atoms with van der Waals surface area (Å²) < 4.78 is 12.7. The Bertz CT molecular complexity index is 933. The lowest BCUT2D eigenvalue weighted by atomic mass is 10.2. The van der Waals surface area contributed by atoms with E-state index in [1.54, 1.807) is 12.0 Å². The normalized spacial score (nSPS) is 18.7. The van der Waals surface area contributed by atoms with Crippen LogP contribution in [0.3, 0.4) is 0 Å². The smallest absolute Gasteiger partial charge is 0.410 e. The summed E-state index contributed by atoms with van der Waals surface area (Å²) in [5, 5.41) is 11.4. The average Bonchev–Trinajstić information content (AvgIpc) is 3.32. The molecule has 1 atom stereocenters. The van der Waals surface area contributed by atoms with Gasteiger partial charge in [-0.1, -0.05) is 11.8 Å². The Morgan fingerprint density at radius 2 is 2.00 bits per heavy atom. The van der Waals surface area contributed by atoms with Gasteiger partial charge >= 0.3 is 6.09 Å². The maximum atomic E-state index is 12.7. The molecule has 2 aliphatic rings. The number of likely N-dealkylation sites (tertiary alicyclic amines) is 1. The van der Waals surface area contributed by atoms with Crippen molar-refractivity contribution in [1.82, 2.24) is 19.8 Å². The molecule has 8 nitrogen and oxygen atoms in total. The van der Waals surface area contributed by atoms with E-state index in [9.17, 15) is 4.79 Å². The SMILES string of the molecule is COc1ccc(C2=CSc3nnc([C@H]4CCCN4C(=O)OC(C)(C)C)n3N2)cc1. The first-order valence-corrected chi connectivity index (χ1v) is 10.5. The van der Waals surface area contributed by atoms with E-state index >= 15 is 0 Å². The number of hydrogen-bond acceptors (Lipinski definition) is 7. The molecule has 1 amide bonds. The molecule has 1 fully saturated rings. The predicted octanol–water partition coefficient (Wildman–Crippen LogP) is 4.01.